The number of hydrogen-bond acceptors (Lipinski definition) is 0. The molecule has 1 aliphatic carbocycles. The lowest BCUT2D eigenvalue weighted by molar-refractivity contribution is 0.308. The lowest BCUT2D eigenvalue weighted by Gasteiger charge is -2.28. The molecular weight excluding hydrogens is 276 g/mol. The first-order valence-electron chi connectivity index (χ1n) is 9.26. The van der Waals surface area contributed by atoms with Crippen molar-refractivity contribution in [1.29, 1.82) is 0 Å². The highest BCUT2D eigenvalue weighted by atomic mass is 14.3. The zero-order valence-electron chi connectivity index (χ0n) is 14.1. The molecule has 0 aliphatic heterocycles. The Hall–Kier alpha value is -1.82. The zero-order chi connectivity index (χ0) is 15.6. The van der Waals surface area contributed by atoms with Crippen molar-refractivity contribution >= 4 is 21.5 Å². The molecule has 0 aromatic heterocycles. The maximum absolute atomic E-state index is 2.45. The van der Waals surface area contributed by atoms with Crippen molar-refractivity contribution in [2.24, 2.45) is 5.92 Å². The third-order valence-electron chi connectivity index (χ3n) is 5.78. The van der Waals surface area contributed by atoms with E-state index in [-0.39, 0.29) is 1.43 Å². The second-order valence-corrected chi connectivity index (χ2v) is 7.27. The van der Waals surface area contributed by atoms with Crippen LogP contribution in [-0.2, 0) is 0 Å². The van der Waals surface area contributed by atoms with Gasteiger partial charge in [0.1, 0.15) is 0 Å². The van der Waals surface area contributed by atoms with Gasteiger partial charge in [0.2, 0.25) is 0 Å². The zero-order valence-corrected chi connectivity index (χ0v) is 14.1. The molecule has 0 amide bonds. The number of benzene rings is 3. The molecule has 0 bridgehead atoms. The van der Waals surface area contributed by atoms with Gasteiger partial charge in [0.15, 0.2) is 0 Å². The molecule has 0 atom stereocenters. The highest BCUT2D eigenvalue weighted by molar-refractivity contribution is 6.07. The molecule has 120 valence electrons. The van der Waals surface area contributed by atoms with Crippen LogP contribution in [0.1, 0.15) is 58.4 Å². The Kier molecular flexibility index (Phi) is 4.08. The van der Waals surface area contributed by atoms with Crippen LogP contribution >= 0.6 is 0 Å². The quantitative estimate of drug-likeness (QED) is 0.445. The summed E-state index contributed by atoms with van der Waals surface area (Å²) in [6.07, 6.45) is 8.38. The third-order valence-corrected chi connectivity index (χ3v) is 5.78. The van der Waals surface area contributed by atoms with E-state index in [1.807, 2.05) is 0 Å². The summed E-state index contributed by atoms with van der Waals surface area (Å²) in [4.78, 5) is 0. The fourth-order valence-electron chi connectivity index (χ4n) is 4.48. The first kappa shape index (κ1) is 14.8. The van der Waals surface area contributed by atoms with Crippen LogP contribution in [0.4, 0.5) is 0 Å². The van der Waals surface area contributed by atoms with Gasteiger partial charge in [-0.1, -0.05) is 74.4 Å². The van der Waals surface area contributed by atoms with Crippen LogP contribution in [0.25, 0.3) is 21.5 Å². The Bertz CT molecular complexity index is 812. The van der Waals surface area contributed by atoms with Gasteiger partial charge in [-0.25, -0.2) is 0 Å². The predicted octanol–water partition coefficient (Wildman–Crippen LogP) is 7.31. The highest BCUT2D eigenvalue weighted by Crippen LogP contribution is 2.38. The van der Waals surface area contributed by atoms with E-state index in [0.29, 0.717) is 0 Å². The maximum Gasteiger partial charge on any atom is 0 e. The minimum absolute atomic E-state index is 0. The Labute approximate surface area is 141 Å². The van der Waals surface area contributed by atoms with Crippen molar-refractivity contribution in [3.63, 3.8) is 0 Å². The molecule has 0 spiro atoms. The normalized spacial score (nSPS) is 21.8. The lowest BCUT2D eigenvalue weighted by Crippen LogP contribution is -2.13. The van der Waals surface area contributed by atoms with Gasteiger partial charge in [0.25, 0.3) is 0 Å². The topological polar surface area (TPSA) is 0 Å². The molecule has 0 nitrogen and oxygen atoms in total. The van der Waals surface area contributed by atoms with Crippen molar-refractivity contribution in [3.8, 4) is 0 Å². The van der Waals surface area contributed by atoms with E-state index in [1.165, 1.54) is 60.1 Å². The smallest absolute Gasteiger partial charge is 0 e. The average Bonchev–Trinajstić information content (AvgIpc) is 2.62. The third kappa shape index (κ3) is 2.87. The summed E-state index contributed by atoms with van der Waals surface area (Å²) >= 11 is 0. The number of rotatable bonds is 3. The van der Waals surface area contributed by atoms with E-state index in [4.69, 9.17) is 0 Å². The first-order valence-corrected chi connectivity index (χ1v) is 9.26. The van der Waals surface area contributed by atoms with Crippen LogP contribution in [0.5, 0.6) is 0 Å². The van der Waals surface area contributed by atoms with Gasteiger partial charge in [-0.05, 0) is 64.6 Å². The monoisotopic (exact) mass is 304 g/mol. The molecule has 3 aromatic rings. The summed E-state index contributed by atoms with van der Waals surface area (Å²) in [6.45, 7) is 2.32. The predicted molar refractivity (Wildman–Crippen MR) is 103 cm³/mol. The summed E-state index contributed by atoms with van der Waals surface area (Å²) in [5.74, 6) is 1.76. The summed E-state index contributed by atoms with van der Waals surface area (Å²) in [7, 11) is 0. The Morgan fingerprint density at radius 1 is 0.826 bits per heavy atom. The van der Waals surface area contributed by atoms with Crippen LogP contribution in [0, 0.1) is 5.92 Å². The van der Waals surface area contributed by atoms with E-state index in [9.17, 15) is 0 Å². The molecule has 1 aliphatic rings. The van der Waals surface area contributed by atoms with Gasteiger partial charge in [-0.3, -0.25) is 0 Å². The summed E-state index contributed by atoms with van der Waals surface area (Å²) in [5, 5.41) is 5.51. The van der Waals surface area contributed by atoms with Gasteiger partial charge in [-0.15, -0.1) is 0 Å². The minimum atomic E-state index is 0. The van der Waals surface area contributed by atoms with E-state index in [1.54, 1.807) is 5.56 Å². The number of fused-ring (bicyclic) bond motifs is 3. The van der Waals surface area contributed by atoms with Gasteiger partial charge in [-0.2, -0.15) is 0 Å². The molecule has 1 saturated carbocycles. The van der Waals surface area contributed by atoms with Gasteiger partial charge in [0, 0.05) is 1.43 Å². The van der Waals surface area contributed by atoms with Crippen molar-refractivity contribution in [2.75, 3.05) is 0 Å². The van der Waals surface area contributed by atoms with Gasteiger partial charge < -0.3 is 0 Å². The van der Waals surface area contributed by atoms with Crippen LogP contribution in [0.3, 0.4) is 0 Å². The second kappa shape index (κ2) is 6.35. The fourth-order valence-corrected chi connectivity index (χ4v) is 4.48. The first-order chi connectivity index (χ1) is 11.3. The molecule has 0 N–H and O–H groups in total. The minimum Gasteiger partial charge on any atom is -0.0654 e. The molecule has 0 heteroatoms. The molecule has 0 saturated heterocycles. The van der Waals surface area contributed by atoms with E-state index in [2.05, 4.69) is 61.5 Å². The van der Waals surface area contributed by atoms with Crippen LogP contribution in [0.15, 0.2) is 54.6 Å². The molecular formula is C23H28. The van der Waals surface area contributed by atoms with Gasteiger partial charge >= 0.3 is 0 Å². The molecule has 23 heavy (non-hydrogen) atoms. The Balaban J connectivity index is 0.00000169. The summed E-state index contributed by atoms with van der Waals surface area (Å²) in [6, 6.07) is 20.5. The lowest BCUT2D eigenvalue weighted by atomic mass is 9.77. The molecule has 3 aromatic carbocycles. The van der Waals surface area contributed by atoms with Crippen molar-refractivity contribution in [2.45, 2.75) is 51.4 Å². The van der Waals surface area contributed by atoms with Crippen LogP contribution < -0.4 is 0 Å². The molecule has 1 fully saturated rings. The molecule has 0 heterocycles. The van der Waals surface area contributed by atoms with Crippen molar-refractivity contribution < 1.29 is 1.43 Å². The second-order valence-electron chi connectivity index (χ2n) is 7.27. The van der Waals surface area contributed by atoms with Crippen LogP contribution in [0.2, 0.25) is 0 Å². The van der Waals surface area contributed by atoms with E-state index < -0.39 is 0 Å². The largest absolute Gasteiger partial charge is 0.0654 e. The summed E-state index contributed by atoms with van der Waals surface area (Å²) in [5.41, 5.74) is 1.56. The Morgan fingerprint density at radius 2 is 1.57 bits per heavy atom. The van der Waals surface area contributed by atoms with Crippen molar-refractivity contribution in [3.05, 3.63) is 60.2 Å². The standard InChI is InChI=1S/C23H26.H2/c1-2-5-17-8-10-18(11-9-17)20-14-15-23-21(16-20)13-12-19-6-3-4-7-22(19)23;/h3-4,6-7,12-18H,2,5,8-11H2,1H3;1H. The molecule has 0 unspecified atom stereocenters. The number of hydrogen-bond donors (Lipinski definition) is 0. The molecule has 4 rings (SSSR count). The van der Waals surface area contributed by atoms with Crippen molar-refractivity contribution in [1.82, 2.24) is 0 Å². The Morgan fingerprint density at radius 3 is 2.39 bits per heavy atom. The molecule has 0 radical (unpaired) electrons. The van der Waals surface area contributed by atoms with E-state index >= 15 is 0 Å². The average molecular weight is 304 g/mol. The highest BCUT2D eigenvalue weighted by Gasteiger charge is 2.21. The fraction of sp³-hybridized carbons (Fsp3) is 0.391. The SMILES string of the molecule is CCCC1CCC(c2ccc3c(ccc4ccccc43)c2)CC1.[HH]. The van der Waals surface area contributed by atoms with Crippen LogP contribution in [-0.4, -0.2) is 0 Å². The summed E-state index contributed by atoms with van der Waals surface area (Å²) < 4.78 is 0. The van der Waals surface area contributed by atoms with Gasteiger partial charge in [0.05, 0.1) is 0 Å². The maximum atomic E-state index is 2.45. The van der Waals surface area contributed by atoms with E-state index in [0.717, 1.165) is 11.8 Å².